The molecule has 2 aliphatic rings. The Kier molecular flexibility index (Phi) is 5.96. The van der Waals surface area contributed by atoms with E-state index in [9.17, 15) is 0 Å². The van der Waals surface area contributed by atoms with E-state index >= 15 is 0 Å². The lowest BCUT2D eigenvalue weighted by Gasteiger charge is -2.31. The van der Waals surface area contributed by atoms with Gasteiger partial charge in [-0.05, 0) is 31.6 Å². The summed E-state index contributed by atoms with van der Waals surface area (Å²) in [5.41, 5.74) is 7.75. The fourth-order valence-corrected chi connectivity index (χ4v) is 3.23. The van der Waals surface area contributed by atoms with Gasteiger partial charge in [-0.1, -0.05) is 0 Å². The van der Waals surface area contributed by atoms with E-state index < -0.39 is 0 Å². The standard InChI is InChI=1S/C17H29N5O/c18-15-2-3-16-17(14-15)23-13-12-22(16)11-7-19-4-1-8-21-9-5-20-6-10-21/h2-3,14,19-20H,1,4-13,18H2. The highest BCUT2D eigenvalue weighted by Crippen LogP contribution is 2.32. The number of benzene rings is 1. The summed E-state index contributed by atoms with van der Waals surface area (Å²) in [6.07, 6.45) is 1.22. The average molecular weight is 319 g/mol. The summed E-state index contributed by atoms with van der Waals surface area (Å²) < 4.78 is 5.69. The van der Waals surface area contributed by atoms with Gasteiger partial charge in [-0.15, -0.1) is 0 Å². The summed E-state index contributed by atoms with van der Waals surface area (Å²) in [5.74, 6) is 0.912. The van der Waals surface area contributed by atoms with E-state index in [2.05, 4.69) is 26.5 Å². The zero-order valence-electron chi connectivity index (χ0n) is 13.9. The molecule has 0 aromatic heterocycles. The first-order valence-electron chi connectivity index (χ1n) is 8.74. The first-order valence-corrected chi connectivity index (χ1v) is 8.74. The molecule has 6 nitrogen and oxygen atoms in total. The molecule has 0 spiro atoms. The summed E-state index contributed by atoms with van der Waals surface area (Å²) >= 11 is 0. The van der Waals surface area contributed by atoms with Crippen LogP contribution in [-0.4, -0.2) is 70.4 Å². The second-order valence-corrected chi connectivity index (χ2v) is 6.26. The molecule has 0 atom stereocenters. The van der Waals surface area contributed by atoms with Gasteiger partial charge in [-0.2, -0.15) is 0 Å². The third-order valence-electron chi connectivity index (χ3n) is 4.54. The lowest BCUT2D eigenvalue weighted by Crippen LogP contribution is -2.44. The van der Waals surface area contributed by atoms with Crippen LogP contribution < -0.4 is 26.0 Å². The minimum atomic E-state index is 0.736. The summed E-state index contributed by atoms with van der Waals surface area (Å²) in [7, 11) is 0. The maximum Gasteiger partial charge on any atom is 0.144 e. The van der Waals surface area contributed by atoms with Crippen molar-refractivity contribution in [1.82, 2.24) is 15.5 Å². The van der Waals surface area contributed by atoms with Gasteiger partial charge >= 0.3 is 0 Å². The number of hydrogen-bond acceptors (Lipinski definition) is 6. The predicted octanol–water partition coefficient (Wildman–Crippen LogP) is 0.353. The molecular weight excluding hydrogens is 290 g/mol. The Morgan fingerprint density at radius 3 is 2.87 bits per heavy atom. The molecule has 0 bridgehead atoms. The number of piperazine rings is 1. The lowest BCUT2D eigenvalue weighted by molar-refractivity contribution is 0.238. The van der Waals surface area contributed by atoms with Crippen molar-refractivity contribution in [3.05, 3.63) is 18.2 Å². The molecule has 1 fully saturated rings. The summed E-state index contributed by atoms with van der Waals surface area (Å²) in [6.45, 7) is 10.6. The molecule has 0 radical (unpaired) electrons. The quantitative estimate of drug-likeness (QED) is 0.498. The van der Waals surface area contributed by atoms with Gasteiger partial charge in [0.05, 0.1) is 12.2 Å². The first-order chi connectivity index (χ1) is 11.3. The van der Waals surface area contributed by atoms with Crippen molar-refractivity contribution in [2.75, 3.05) is 76.1 Å². The maximum atomic E-state index is 5.83. The van der Waals surface area contributed by atoms with Crippen LogP contribution in [-0.2, 0) is 0 Å². The van der Waals surface area contributed by atoms with E-state index in [1.807, 2.05) is 12.1 Å². The fourth-order valence-electron chi connectivity index (χ4n) is 3.23. The second kappa shape index (κ2) is 8.38. The van der Waals surface area contributed by atoms with Crippen LogP contribution in [0.3, 0.4) is 0 Å². The first kappa shape index (κ1) is 16.4. The fraction of sp³-hybridized carbons (Fsp3) is 0.647. The van der Waals surface area contributed by atoms with Gasteiger partial charge in [-0.25, -0.2) is 0 Å². The van der Waals surface area contributed by atoms with E-state index in [4.69, 9.17) is 10.5 Å². The topological polar surface area (TPSA) is 65.8 Å². The zero-order valence-corrected chi connectivity index (χ0v) is 13.9. The van der Waals surface area contributed by atoms with E-state index in [1.54, 1.807) is 0 Å². The number of rotatable bonds is 7. The number of hydrogen-bond donors (Lipinski definition) is 3. The predicted molar refractivity (Wildman–Crippen MR) is 95.4 cm³/mol. The summed E-state index contributed by atoms with van der Waals surface area (Å²) in [6, 6.07) is 5.93. The van der Waals surface area contributed by atoms with E-state index in [-0.39, 0.29) is 0 Å². The number of nitrogens with two attached hydrogens (primary N) is 1. The van der Waals surface area contributed by atoms with Crippen molar-refractivity contribution in [2.45, 2.75) is 6.42 Å². The van der Waals surface area contributed by atoms with E-state index in [0.29, 0.717) is 0 Å². The average Bonchev–Trinajstić information content (AvgIpc) is 2.58. The molecule has 2 aliphatic heterocycles. The van der Waals surface area contributed by atoms with Crippen LogP contribution >= 0.6 is 0 Å². The van der Waals surface area contributed by atoms with Gasteiger partial charge in [0.25, 0.3) is 0 Å². The smallest absolute Gasteiger partial charge is 0.144 e. The summed E-state index contributed by atoms with van der Waals surface area (Å²) in [5, 5.41) is 6.96. The molecule has 2 heterocycles. The highest BCUT2D eigenvalue weighted by Gasteiger charge is 2.17. The molecule has 4 N–H and O–H groups in total. The van der Waals surface area contributed by atoms with Crippen molar-refractivity contribution < 1.29 is 4.74 Å². The number of nitrogen functional groups attached to an aromatic ring is 1. The monoisotopic (exact) mass is 319 g/mol. The highest BCUT2D eigenvalue weighted by molar-refractivity contribution is 5.65. The molecule has 0 saturated carbocycles. The Morgan fingerprint density at radius 1 is 1.13 bits per heavy atom. The molecule has 0 unspecified atom stereocenters. The summed E-state index contributed by atoms with van der Waals surface area (Å²) in [4.78, 5) is 4.92. The molecule has 128 valence electrons. The third kappa shape index (κ3) is 4.73. The Hall–Kier alpha value is -1.50. The largest absolute Gasteiger partial charge is 0.489 e. The van der Waals surface area contributed by atoms with Crippen LogP contribution in [0.5, 0.6) is 5.75 Å². The number of fused-ring (bicyclic) bond motifs is 1. The lowest BCUT2D eigenvalue weighted by atomic mass is 10.2. The van der Waals surface area contributed by atoms with Gasteiger partial charge in [0.1, 0.15) is 12.4 Å². The van der Waals surface area contributed by atoms with E-state index in [0.717, 1.165) is 63.0 Å². The Bertz CT molecular complexity index is 490. The highest BCUT2D eigenvalue weighted by atomic mass is 16.5. The van der Waals surface area contributed by atoms with Gasteiger partial charge in [-0.3, -0.25) is 0 Å². The molecule has 0 amide bonds. The van der Waals surface area contributed by atoms with E-state index in [1.165, 1.54) is 26.1 Å². The number of nitrogens with zero attached hydrogens (tertiary/aromatic N) is 2. The van der Waals surface area contributed by atoms with Crippen LogP contribution in [0.15, 0.2) is 18.2 Å². The zero-order chi connectivity index (χ0) is 15.9. The number of nitrogens with one attached hydrogen (secondary N) is 2. The Labute approximate surface area is 139 Å². The molecule has 1 aromatic rings. The number of anilines is 2. The molecule has 0 aliphatic carbocycles. The minimum absolute atomic E-state index is 0.736. The SMILES string of the molecule is Nc1ccc2c(c1)OCCN2CCNCCCN1CCNCC1. The molecule has 6 heteroatoms. The number of ether oxygens (including phenoxy) is 1. The molecular formula is C17H29N5O. The normalized spacial score (nSPS) is 18.5. The van der Waals surface area contributed by atoms with Crippen LogP contribution in [0, 0.1) is 0 Å². The van der Waals surface area contributed by atoms with Crippen LogP contribution in [0.25, 0.3) is 0 Å². The molecule has 1 saturated heterocycles. The van der Waals surface area contributed by atoms with Crippen molar-refractivity contribution in [3.63, 3.8) is 0 Å². The van der Waals surface area contributed by atoms with Crippen LogP contribution in [0.1, 0.15) is 6.42 Å². The van der Waals surface area contributed by atoms with Crippen molar-refractivity contribution in [1.29, 1.82) is 0 Å². The Balaban J connectivity index is 1.33. The molecule has 3 rings (SSSR count). The third-order valence-corrected chi connectivity index (χ3v) is 4.54. The molecule has 23 heavy (non-hydrogen) atoms. The van der Waals surface area contributed by atoms with Gasteiger partial charge in [0.15, 0.2) is 0 Å². The van der Waals surface area contributed by atoms with Crippen molar-refractivity contribution >= 4 is 11.4 Å². The minimum Gasteiger partial charge on any atom is -0.489 e. The van der Waals surface area contributed by atoms with Gasteiger partial charge in [0, 0.05) is 51.0 Å². The van der Waals surface area contributed by atoms with Gasteiger partial charge in [0.2, 0.25) is 0 Å². The second-order valence-electron chi connectivity index (χ2n) is 6.26. The van der Waals surface area contributed by atoms with Crippen LogP contribution in [0.2, 0.25) is 0 Å². The van der Waals surface area contributed by atoms with Gasteiger partial charge < -0.3 is 30.9 Å². The van der Waals surface area contributed by atoms with Crippen molar-refractivity contribution in [2.24, 2.45) is 0 Å². The Morgan fingerprint density at radius 2 is 2.00 bits per heavy atom. The maximum absolute atomic E-state index is 5.83. The van der Waals surface area contributed by atoms with Crippen LogP contribution in [0.4, 0.5) is 11.4 Å². The molecule has 1 aromatic carbocycles. The van der Waals surface area contributed by atoms with Crippen molar-refractivity contribution in [3.8, 4) is 5.75 Å².